The fourth-order valence-electron chi connectivity index (χ4n) is 2.92. The van der Waals surface area contributed by atoms with Crippen molar-refractivity contribution in [2.45, 2.75) is 58.5 Å². The molecule has 5 heteroatoms. The Labute approximate surface area is 139 Å². The summed E-state index contributed by atoms with van der Waals surface area (Å²) in [5.41, 5.74) is 1.83. The van der Waals surface area contributed by atoms with Crippen molar-refractivity contribution < 1.29 is 14.3 Å². The summed E-state index contributed by atoms with van der Waals surface area (Å²) in [5, 5.41) is 0. The molecule has 0 aliphatic carbocycles. The Hall–Kier alpha value is -1.78. The van der Waals surface area contributed by atoms with E-state index in [9.17, 15) is 4.79 Å². The summed E-state index contributed by atoms with van der Waals surface area (Å²) in [5.74, 6) is 0.996. The summed E-state index contributed by atoms with van der Waals surface area (Å²) in [4.78, 5) is 18.5. The van der Waals surface area contributed by atoms with Gasteiger partial charge < -0.3 is 14.4 Å². The van der Waals surface area contributed by atoms with Crippen molar-refractivity contribution in [2.24, 2.45) is 0 Å². The van der Waals surface area contributed by atoms with Crippen molar-refractivity contribution in [1.82, 2.24) is 9.88 Å². The molecule has 0 radical (unpaired) electrons. The van der Waals surface area contributed by atoms with Crippen LogP contribution in [0.3, 0.4) is 0 Å². The molecule has 1 fully saturated rings. The second-order valence-corrected chi connectivity index (χ2v) is 7.06. The molecular weight excluding hydrogens is 292 g/mol. The van der Waals surface area contributed by atoms with Gasteiger partial charge in [0.25, 0.3) is 0 Å². The Morgan fingerprint density at radius 3 is 2.78 bits per heavy atom. The second kappa shape index (κ2) is 7.20. The number of hydrogen-bond donors (Lipinski definition) is 0. The van der Waals surface area contributed by atoms with Gasteiger partial charge in [-0.25, -0.2) is 9.78 Å². The van der Waals surface area contributed by atoms with Crippen molar-refractivity contribution in [1.29, 1.82) is 0 Å². The van der Waals surface area contributed by atoms with Crippen LogP contribution in [0.15, 0.2) is 12.3 Å². The van der Waals surface area contributed by atoms with Gasteiger partial charge in [-0.15, -0.1) is 0 Å². The number of methoxy groups -OCH3 is 1. The van der Waals surface area contributed by atoms with E-state index in [4.69, 9.17) is 9.47 Å². The maximum atomic E-state index is 12.3. The molecule has 0 aromatic carbocycles. The molecule has 1 unspecified atom stereocenters. The lowest BCUT2D eigenvalue weighted by Crippen LogP contribution is -2.42. The summed E-state index contributed by atoms with van der Waals surface area (Å²) in [6, 6.07) is 2.16. The lowest BCUT2D eigenvalue weighted by Gasteiger charge is -2.34. The van der Waals surface area contributed by atoms with Gasteiger partial charge in [0.2, 0.25) is 5.88 Å². The third-order valence-corrected chi connectivity index (χ3v) is 4.07. The zero-order chi connectivity index (χ0) is 17.0. The first-order valence-electron chi connectivity index (χ1n) is 8.34. The van der Waals surface area contributed by atoms with Crippen molar-refractivity contribution in [3.05, 3.63) is 23.4 Å². The van der Waals surface area contributed by atoms with Crippen LogP contribution >= 0.6 is 0 Å². The predicted molar refractivity (Wildman–Crippen MR) is 89.9 cm³/mol. The molecule has 1 aliphatic rings. The number of aryl methyl sites for hydroxylation is 1. The highest BCUT2D eigenvalue weighted by Crippen LogP contribution is 2.30. The average Bonchev–Trinajstić information content (AvgIpc) is 2.52. The van der Waals surface area contributed by atoms with Crippen LogP contribution in [0.1, 0.15) is 57.6 Å². The molecule has 128 valence electrons. The number of nitrogens with zero attached hydrogens (tertiary/aromatic N) is 2. The number of pyridine rings is 1. The molecule has 1 saturated heterocycles. The Bertz CT molecular complexity index is 552. The first kappa shape index (κ1) is 17.6. The number of carbonyl (C=O) groups excluding carboxylic acids is 1. The Morgan fingerprint density at radius 2 is 2.17 bits per heavy atom. The highest BCUT2D eigenvalue weighted by Gasteiger charge is 2.28. The Morgan fingerprint density at radius 1 is 1.43 bits per heavy atom. The molecule has 1 aromatic heterocycles. The number of carbonyl (C=O) groups is 1. The second-order valence-electron chi connectivity index (χ2n) is 7.06. The lowest BCUT2D eigenvalue weighted by molar-refractivity contribution is 0.0198. The van der Waals surface area contributed by atoms with Gasteiger partial charge >= 0.3 is 6.09 Å². The van der Waals surface area contributed by atoms with Gasteiger partial charge in [-0.2, -0.15) is 0 Å². The van der Waals surface area contributed by atoms with Crippen LogP contribution in [0.5, 0.6) is 5.88 Å². The number of ether oxygens (including phenoxy) is 2. The van der Waals surface area contributed by atoms with Crippen LogP contribution in [0.2, 0.25) is 0 Å². The van der Waals surface area contributed by atoms with Crippen molar-refractivity contribution in [2.75, 3.05) is 20.2 Å². The molecule has 1 aliphatic heterocycles. The van der Waals surface area contributed by atoms with E-state index in [0.717, 1.165) is 31.4 Å². The van der Waals surface area contributed by atoms with Crippen LogP contribution in [0.4, 0.5) is 4.79 Å². The lowest BCUT2D eigenvalue weighted by atomic mass is 9.91. The van der Waals surface area contributed by atoms with Crippen LogP contribution < -0.4 is 4.74 Å². The van der Waals surface area contributed by atoms with E-state index >= 15 is 0 Å². The van der Waals surface area contributed by atoms with E-state index in [1.165, 1.54) is 5.56 Å². The maximum Gasteiger partial charge on any atom is 0.410 e. The van der Waals surface area contributed by atoms with Gasteiger partial charge in [-0.05, 0) is 51.7 Å². The maximum absolute atomic E-state index is 12.3. The minimum Gasteiger partial charge on any atom is -0.481 e. The molecule has 1 aromatic rings. The van der Waals surface area contributed by atoms with Gasteiger partial charge in [-0.1, -0.05) is 6.92 Å². The first-order chi connectivity index (χ1) is 10.8. The number of piperidine rings is 1. The molecule has 0 N–H and O–H groups in total. The highest BCUT2D eigenvalue weighted by atomic mass is 16.6. The summed E-state index contributed by atoms with van der Waals surface area (Å²) in [6.07, 6.45) is 4.58. The molecule has 23 heavy (non-hydrogen) atoms. The number of rotatable bonds is 3. The number of aromatic nitrogens is 1. The van der Waals surface area contributed by atoms with E-state index in [1.807, 2.05) is 31.9 Å². The van der Waals surface area contributed by atoms with Crippen molar-refractivity contribution in [3.8, 4) is 5.88 Å². The third-order valence-electron chi connectivity index (χ3n) is 4.07. The smallest absolute Gasteiger partial charge is 0.410 e. The van der Waals surface area contributed by atoms with Crippen LogP contribution in [-0.4, -0.2) is 41.8 Å². The molecule has 1 amide bonds. The summed E-state index contributed by atoms with van der Waals surface area (Å²) >= 11 is 0. The van der Waals surface area contributed by atoms with Crippen LogP contribution in [0, 0.1) is 0 Å². The predicted octanol–water partition coefficient (Wildman–Crippen LogP) is 3.77. The summed E-state index contributed by atoms with van der Waals surface area (Å²) in [7, 11) is 1.64. The number of amides is 1. The van der Waals surface area contributed by atoms with Crippen LogP contribution in [-0.2, 0) is 11.2 Å². The van der Waals surface area contributed by atoms with E-state index in [-0.39, 0.29) is 6.09 Å². The van der Waals surface area contributed by atoms with Crippen molar-refractivity contribution >= 4 is 6.09 Å². The van der Waals surface area contributed by atoms with Crippen LogP contribution in [0.25, 0.3) is 0 Å². The van der Waals surface area contributed by atoms with Crippen molar-refractivity contribution in [3.63, 3.8) is 0 Å². The fraction of sp³-hybridized carbons (Fsp3) is 0.667. The van der Waals surface area contributed by atoms with E-state index < -0.39 is 5.60 Å². The average molecular weight is 320 g/mol. The minimum absolute atomic E-state index is 0.223. The molecular formula is C18H28N2O3. The first-order valence-corrected chi connectivity index (χ1v) is 8.34. The van der Waals surface area contributed by atoms with Gasteiger partial charge in [0.1, 0.15) is 5.60 Å². The van der Waals surface area contributed by atoms with Gasteiger partial charge in [0.15, 0.2) is 0 Å². The standard InChI is InChI=1S/C18H28N2O3/c1-6-13-10-15(11-19-16(13)22-5)14-8-7-9-20(12-14)17(21)23-18(2,3)4/h10-11,14H,6-9,12H2,1-5H3. The molecule has 5 nitrogen and oxygen atoms in total. The molecule has 2 heterocycles. The molecule has 2 rings (SSSR count). The van der Waals surface area contributed by atoms with Gasteiger partial charge in [0, 0.05) is 30.8 Å². The number of hydrogen-bond acceptors (Lipinski definition) is 4. The Balaban J connectivity index is 2.10. The fourth-order valence-corrected chi connectivity index (χ4v) is 2.92. The van der Waals surface area contributed by atoms with E-state index in [2.05, 4.69) is 18.0 Å². The number of likely N-dealkylation sites (tertiary alicyclic amines) is 1. The molecule has 0 spiro atoms. The largest absolute Gasteiger partial charge is 0.481 e. The Kier molecular flexibility index (Phi) is 5.50. The topological polar surface area (TPSA) is 51.7 Å². The highest BCUT2D eigenvalue weighted by molar-refractivity contribution is 5.68. The summed E-state index contributed by atoms with van der Waals surface area (Å²) in [6.45, 7) is 9.23. The SMILES string of the molecule is CCc1cc(C2CCCN(C(=O)OC(C)(C)C)C2)cnc1OC. The van der Waals surface area contributed by atoms with Gasteiger partial charge in [-0.3, -0.25) is 0 Å². The third kappa shape index (κ3) is 4.60. The summed E-state index contributed by atoms with van der Waals surface area (Å²) < 4.78 is 10.8. The molecule has 0 saturated carbocycles. The quantitative estimate of drug-likeness (QED) is 0.851. The minimum atomic E-state index is -0.457. The molecule has 1 atom stereocenters. The normalized spacial score (nSPS) is 18.7. The zero-order valence-corrected chi connectivity index (χ0v) is 14.9. The zero-order valence-electron chi connectivity index (χ0n) is 14.9. The van der Waals surface area contributed by atoms with E-state index in [0.29, 0.717) is 18.3 Å². The monoisotopic (exact) mass is 320 g/mol. The van der Waals surface area contributed by atoms with Gasteiger partial charge in [0.05, 0.1) is 7.11 Å². The molecule has 0 bridgehead atoms. The van der Waals surface area contributed by atoms with E-state index in [1.54, 1.807) is 7.11 Å².